The van der Waals surface area contributed by atoms with Crippen LogP contribution in [0.4, 0.5) is 0 Å². The topological polar surface area (TPSA) is 69.7 Å². The zero-order valence-electron chi connectivity index (χ0n) is 17.9. The third-order valence-electron chi connectivity index (χ3n) is 4.73. The molecule has 28 heavy (non-hydrogen) atoms. The third kappa shape index (κ3) is 8.54. The molecule has 2 N–H and O–H groups in total. The van der Waals surface area contributed by atoms with E-state index in [0.29, 0.717) is 24.1 Å². The van der Waals surface area contributed by atoms with Crippen molar-refractivity contribution in [2.75, 3.05) is 52.4 Å². The predicted molar refractivity (Wildman–Crippen MR) is 113 cm³/mol. The average Bonchev–Trinajstić information content (AvgIpc) is 2.66. The standard InChI is InChI=1S/C21H37N5O2/c1-17(2)22-8-10-26-13-11-25(12-14-26)9-5-15-28-20-7-6-19(16-23-20)21(27)24-18(3)4/h6-7,16-18,22H,5,8-15H2,1-4H3,(H,24,27). The largest absolute Gasteiger partial charge is 0.478 e. The summed E-state index contributed by atoms with van der Waals surface area (Å²) in [7, 11) is 0. The van der Waals surface area contributed by atoms with Crippen LogP contribution < -0.4 is 15.4 Å². The molecule has 1 aliphatic rings. The van der Waals surface area contributed by atoms with Gasteiger partial charge in [-0.05, 0) is 26.3 Å². The fourth-order valence-corrected chi connectivity index (χ4v) is 3.16. The fraction of sp³-hybridized carbons (Fsp3) is 0.714. The van der Waals surface area contributed by atoms with E-state index < -0.39 is 0 Å². The second kappa shape index (κ2) is 12.0. The number of piperazine rings is 1. The van der Waals surface area contributed by atoms with Crippen LogP contribution in [0, 0.1) is 0 Å². The van der Waals surface area contributed by atoms with E-state index in [2.05, 4.69) is 39.3 Å². The third-order valence-corrected chi connectivity index (χ3v) is 4.73. The van der Waals surface area contributed by atoms with Gasteiger partial charge in [-0.15, -0.1) is 0 Å². The molecule has 0 unspecified atom stereocenters. The Morgan fingerprint density at radius 1 is 1.07 bits per heavy atom. The summed E-state index contributed by atoms with van der Waals surface area (Å²) in [5.74, 6) is 0.469. The summed E-state index contributed by atoms with van der Waals surface area (Å²) in [5, 5.41) is 6.33. The van der Waals surface area contributed by atoms with E-state index in [-0.39, 0.29) is 11.9 Å². The first-order valence-corrected chi connectivity index (χ1v) is 10.5. The minimum Gasteiger partial charge on any atom is -0.478 e. The molecule has 0 aromatic carbocycles. The van der Waals surface area contributed by atoms with Crippen LogP contribution in [0.3, 0.4) is 0 Å². The summed E-state index contributed by atoms with van der Waals surface area (Å²) in [6.45, 7) is 16.7. The Balaban J connectivity index is 1.57. The monoisotopic (exact) mass is 391 g/mol. The van der Waals surface area contributed by atoms with Crippen LogP contribution in [0.25, 0.3) is 0 Å². The molecule has 7 nitrogen and oxygen atoms in total. The number of ether oxygens (including phenoxy) is 1. The van der Waals surface area contributed by atoms with Gasteiger partial charge < -0.3 is 20.3 Å². The Hall–Kier alpha value is -1.70. The van der Waals surface area contributed by atoms with Crippen molar-refractivity contribution in [3.63, 3.8) is 0 Å². The van der Waals surface area contributed by atoms with Gasteiger partial charge >= 0.3 is 0 Å². The van der Waals surface area contributed by atoms with Gasteiger partial charge in [0, 0.05) is 70.2 Å². The lowest BCUT2D eigenvalue weighted by Gasteiger charge is -2.34. The SMILES string of the molecule is CC(C)NCCN1CCN(CCCOc2ccc(C(=O)NC(C)C)cn2)CC1. The van der Waals surface area contributed by atoms with E-state index in [4.69, 9.17) is 4.74 Å². The van der Waals surface area contributed by atoms with Crippen molar-refractivity contribution >= 4 is 5.91 Å². The van der Waals surface area contributed by atoms with Gasteiger partial charge in [-0.3, -0.25) is 9.69 Å². The van der Waals surface area contributed by atoms with Crippen molar-refractivity contribution in [2.45, 2.75) is 46.2 Å². The zero-order valence-corrected chi connectivity index (χ0v) is 17.9. The van der Waals surface area contributed by atoms with Gasteiger partial charge in [0.1, 0.15) is 0 Å². The lowest BCUT2D eigenvalue weighted by molar-refractivity contribution is 0.0942. The lowest BCUT2D eigenvalue weighted by atomic mass is 10.2. The van der Waals surface area contributed by atoms with Crippen molar-refractivity contribution in [3.05, 3.63) is 23.9 Å². The van der Waals surface area contributed by atoms with E-state index in [1.807, 2.05) is 13.8 Å². The maximum absolute atomic E-state index is 11.9. The van der Waals surface area contributed by atoms with Crippen LogP contribution in [-0.2, 0) is 0 Å². The van der Waals surface area contributed by atoms with E-state index >= 15 is 0 Å². The summed E-state index contributed by atoms with van der Waals surface area (Å²) in [5.41, 5.74) is 0.558. The van der Waals surface area contributed by atoms with E-state index in [1.165, 1.54) is 0 Å². The molecule has 1 aliphatic heterocycles. The van der Waals surface area contributed by atoms with Crippen molar-refractivity contribution in [1.29, 1.82) is 0 Å². The maximum Gasteiger partial charge on any atom is 0.253 e. The van der Waals surface area contributed by atoms with Gasteiger partial charge in [-0.2, -0.15) is 0 Å². The molecule has 158 valence electrons. The molecular weight excluding hydrogens is 354 g/mol. The normalized spacial score (nSPS) is 15.9. The minimum atomic E-state index is -0.104. The summed E-state index contributed by atoms with van der Waals surface area (Å²) < 4.78 is 5.72. The number of aromatic nitrogens is 1. The molecule has 1 fully saturated rings. The second-order valence-electron chi connectivity index (χ2n) is 8.01. The van der Waals surface area contributed by atoms with Gasteiger partial charge in [0.2, 0.25) is 5.88 Å². The first kappa shape index (κ1) is 22.6. The number of carbonyl (C=O) groups excluding carboxylic acids is 1. The molecule has 0 aliphatic carbocycles. The minimum absolute atomic E-state index is 0.104. The summed E-state index contributed by atoms with van der Waals surface area (Å²) in [6, 6.07) is 4.19. The Labute approximate surface area is 169 Å². The van der Waals surface area contributed by atoms with Crippen molar-refractivity contribution in [3.8, 4) is 5.88 Å². The Bertz CT molecular complexity index is 569. The van der Waals surface area contributed by atoms with E-state index in [1.54, 1.807) is 18.3 Å². The molecule has 0 saturated carbocycles. The molecular formula is C21H37N5O2. The summed E-state index contributed by atoms with van der Waals surface area (Å²) in [6.07, 6.45) is 2.55. The Kier molecular flexibility index (Phi) is 9.67. The molecule has 0 radical (unpaired) electrons. The highest BCUT2D eigenvalue weighted by molar-refractivity contribution is 5.94. The number of carbonyl (C=O) groups is 1. The molecule has 2 heterocycles. The predicted octanol–water partition coefficient (Wildman–Crippen LogP) is 1.60. The molecule has 2 rings (SSSR count). The summed E-state index contributed by atoms with van der Waals surface area (Å²) in [4.78, 5) is 21.2. The highest BCUT2D eigenvalue weighted by Crippen LogP contribution is 2.09. The lowest BCUT2D eigenvalue weighted by Crippen LogP contribution is -2.48. The molecule has 0 spiro atoms. The van der Waals surface area contributed by atoms with Gasteiger partial charge in [-0.1, -0.05) is 13.8 Å². The van der Waals surface area contributed by atoms with Crippen LogP contribution in [0.5, 0.6) is 5.88 Å². The molecule has 0 atom stereocenters. The first-order valence-electron chi connectivity index (χ1n) is 10.5. The molecule has 1 aromatic heterocycles. The fourth-order valence-electron chi connectivity index (χ4n) is 3.16. The Morgan fingerprint density at radius 3 is 2.32 bits per heavy atom. The number of hydrogen-bond donors (Lipinski definition) is 2. The van der Waals surface area contributed by atoms with Gasteiger partial charge in [0.25, 0.3) is 5.91 Å². The number of nitrogens with one attached hydrogen (secondary N) is 2. The van der Waals surface area contributed by atoms with Crippen LogP contribution in [-0.4, -0.2) is 85.2 Å². The quantitative estimate of drug-likeness (QED) is 0.559. The van der Waals surface area contributed by atoms with Gasteiger partial charge in [0.15, 0.2) is 0 Å². The summed E-state index contributed by atoms with van der Waals surface area (Å²) >= 11 is 0. The van der Waals surface area contributed by atoms with Crippen LogP contribution in [0.2, 0.25) is 0 Å². The van der Waals surface area contributed by atoms with Crippen molar-refractivity contribution in [2.24, 2.45) is 0 Å². The Morgan fingerprint density at radius 2 is 1.75 bits per heavy atom. The van der Waals surface area contributed by atoms with Crippen molar-refractivity contribution in [1.82, 2.24) is 25.4 Å². The second-order valence-corrected chi connectivity index (χ2v) is 8.01. The van der Waals surface area contributed by atoms with E-state index in [9.17, 15) is 4.79 Å². The number of nitrogens with zero attached hydrogens (tertiary/aromatic N) is 3. The van der Waals surface area contributed by atoms with Crippen LogP contribution in [0.15, 0.2) is 18.3 Å². The molecule has 1 saturated heterocycles. The molecule has 0 bridgehead atoms. The molecule has 1 amide bonds. The van der Waals surface area contributed by atoms with Gasteiger partial charge in [-0.25, -0.2) is 4.98 Å². The highest BCUT2D eigenvalue weighted by Gasteiger charge is 2.16. The van der Waals surface area contributed by atoms with Gasteiger partial charge in [0.05, 0.1) is 12.2 Å². The first-order chi connectivity index (χ1) is 13.4. The van der Waals surface area contributed by atoms with E-state index in [0.717, 1.165) is 52.2 Å². The number of hydrogen-bond acceptors (Lipinski definition) is 6. The smallest absolute Gasteiger partial charge is 0.253 e. The number of amides is 1. The molecule has 7 heteroatoms. The van der Waals surface area contributed by atoms with Crippen LogP contribution >= 0.6 is 0 Å². The average molecular weight is 392 g/mol. The number of pyridine rings is 1. The van der Waals surface area contributed by atoms with Crippen molar-refractivity contribution < 1.29 is 9.53 Å². The van der Waals surface area contributed by atoms with Crippen LogP contribution in [0.1, 0.15) is 44.5 Å². The zero-order chi connectivity index (χ0) is 20.4. The number of rotatable bonds is 11. The highest BCUT2D eigenvalue weighted by atomic mass is 16.5. The maximum atomic E-state index is 11.9. The molecule has 1 aromatic rings.